The van der Waals surface area contributed by atoms with Crippen LogP contribution in [-0.4, -0.2) is 29.8 Å². The molecule has 0 aromatic carbocycles. The predicted molar refractivity (Wildman–Crippen MR) is 79.2 cm³/mol. The number of nitrogens with one attached hydrogen (secondary N) is 1. The molecule has 0 saturated heterocycles. The van der Waals surface area contributed by atoms with Gasteiger partial charge in [0.05, 0.1) is 18.5 Å². The quantitative estimate of drug-likeness (QED) is 0.905. The first-order chi connectivity index (χ1) is 9.85. The first-order valence-corrected chi connectivity index (χ1v) is 8.02. The Labute approximate surface area is 128 Å². The molecule has 0 atom stereocenters. The number of halogens is 1. The van der Waals surface area contributed by atoms with E-state index >= 15 is 0 Å². The maximum atomic E-state index is 12.3. The third-order valence-electron chi connectivity index (χ3n) is 2.69. The van der Waals surface area contributed by atoms with Crippen LogP contribution in [0.25, 0.3) is 0 Å². The van der Waals surface area contributed by atoms with Crippen molar-refractivity contribution in [1.82, 2.24) is 14.8 Å². The molecule has 9 heteroatoms. The molecule has 0 saturated carbocycles. The van der Waals surface area contributed by atoms with E-state index in [2.05, 4.69) is 14.8 Å². The molecule has 0 aliphatic heterocycles. The van der Waals surface area contributed by atoms with Crippen LogP contribution in [0.15, 0.2) is 23.2 Å². The highest BCUT2D eigenvalue weighted by molar-refractivity contribution is 7.92. The molecule has 0 amide bonds. The van der Waals surface area contributed by atoms with Crippen LogP contribution in [0.1, 0.15) is 12.6 Å². The Morgan fingerprint density at radius 2 is 2.14 bits per heavy atom. The lowest BCUT2D eigenvalue weighted by Gasteiger charge is -2.09. The number of aryl methyl sites for hydroxylation is 2. The SMILES string of the molecule is CCOc1ccc(S(=O)(=O)Nc2c(Cl)c(C)nn2C)cn1. The van der Waals surface area contributed by atoms with Crippen molar-refractivity contribution in [1.29, 1.82) is 0 Å². The van der Waals surface area contributed by atoms with Crippen LogP contribution in [0.4, 0.5) is 5.82 Å². The molecule has 0 spiro atoms. The molecular formula is C12H15ClN4O3S. The fourth-order valence-electron chi connectivity index (χ4n) is 1.69. The molecule has 2 aromatic rings. The summed E-state index contributed by atoms with van der Waals surface area (Å²) in [5.74, 6) is 0.578. The number of rotatable bonds is 5. The van der Waals surface area contributed by atoms with Crippen LogP contribution in [0.5, 0.6) is 5.88 Å². The zero-order chi connectivity index (χ0) is 15.6. The molecular weight excluding hydrogens is 316 g/mol. The van der Waals surface area contributed by atoms with Gasteiger partial charge < -0.3 is 4.74 Å². The number of aromatic nitrogens is 3. The van der Waals surface area contributed by atoms with Crippen LogP contribution in [0.2, 0.25) is 5.02 Å². The zero-order valence-electron chi connectivity index (χ0n) is 11.8. The standard InChI is InChI=1S/C12H15ClN4O3S/c1-4-20-10-6-5-9(7-14-10)21(18,19)16-12-11(13)8(2)15-17(12)3/h5-7,16H,4H2,1-3H3. The molecule has 0 aliphatic carbocycles. The predicted octanol–water partition coefficient (Wildman–Crippen LogP) is 1.98. The largest absolute Gasteiger partial charge is 0.478 e. The van der Waals surface area contributed by atoms with E-state index < -0.39 is 10.0 Å². The number of sulfonamides is 1. The molecule has 0 radical (unpaired) electrons. The van der Waals surface area contributed by atoms with Crippen LogP contribution in [0, 0.1) is 6.92 Å². The third kappa shape index (κ3) is 3.27. The summed E-state index contributed by atoms with van der Waals surface area (Å²) in [5.41, 5.74) is 0.543. The van der Waals surface area contributed by atoms with Gasteiger partial charge in [-0.15, -0.1) is 0 Å². The van der Waals surface area contributed by atoms with E-state index in [9.17, 15) is 8.42 Å². The number of ether oxygens (including phenoxy) is 1. The highest BCUT2D eigenvalue weighted by Gasteiger charge is 2.20. The van der Waals surface area contributed by atoms with Crippen molar-refractivity contribution in [3.8, 4) is 5.88 Å². The second-order valence-electron chi connectivity index (χ2n) is 4.24. The average molecular weight is 331 g/mol. The topological polar surface area (TPSA) is 86.1 Å². The van der Waals surface area contributed by atoms with Crippen LogP contribution in [-0.2, 0) is 17.1 Å². The Morgan fingerprint density at radius 3 is 2.62 bits per heavy atom. The Hall–Kier alpha value is -1.80. The molecule has 2 rings (SSSR count). The normalized spacial score (nSPS) is 11.4. The van der Waals surface area contributed by atoms with E-state index in [0.29, 0.717) is 18.2 Å². The summed E-state index contributed by atoms with van der Waals surface area (Å²) in [6, 6.07) is 2.91. The molecule has 0 aliphatic rings. The molecule has 21 heavy (non-hydrogen) atoms. The first-order valence-electron chi connectivity index (χ1n) is 6.16. The molecule has 0 bridgehead atoms. The highest BCUT2D eigenvalue weighted by atomic mass is 35.5. The highest BCUT2D eigenvalue weighted by Crippen LogP contribution is 2.27. The fraction of sp³-hybridized carbons (Fsp3) is 0.333. The minimum absolute atomic E-state index is 0.0147. The van der Waals surface area contributed by atoms with Crippen molar-refractivity contribution in [3.05, 3.63) is 29.0 Å². The van der Waals surface area contributed by atoms with Gasteiger partial charge in [0.1, 0.15) is 9.92 Å². The van der Waals surface area contributed by atoms with Crippen molar-refractivity contribution in [2.45, 2.75) is 18.7 Å². The van der Waals surface area contributed by atoms with Crippen molar-refractivity contribution < 1.29 is 13.2 Å². The van der Waals surface area contributed by atoms with E-state index in [4.69, 9.17) is 16.3 Å². The van der Waals surface area contributed by atoms with Gasteiger partial charge >= 0.3 is 0 Å². The van der Waals surface area contributed by atoms with E-state index in [1.54, 1.807) is 14.0 Å². The van der Waals surface area contributed by atoms with E-state index in [-0.39, 0.29) is 15.7 Å². The van der Waals surface area contributed by atoms with Gasteiger partial charge in [-0.05, 0) is 19.9 Å². The lowest BCUT2D eigenvalue weighted by Crippen LogP contribution is -2.16. The lowest BCUT2D eigenvalue weighted by molar-refractivity contribution is 0.326. The van der Waals surface area contributed by atoms with Crippen molar-refractivity contribution in [2.24, 2.45) is 7.05 Å². The van der Waals surface area contributed by atoms with Crippen molar-refractivity contribution in [3.63, 3.8) is 0 Å². The summed E-state index contributed by atoms with van der Waals surface area (Å²) in [6.45, 7) is 3.97. The number of pyridine rings is 1. The number of hydrogen-bond donors (Lipinski definition) is 1. The fourth-order valence-corrected chi connectivity index (χ4v) is 3.00. The Kier molecular flexibility index (Phi) is 4.38. The van der Waals surface area contributed by atoms with Gasteiger partial charge in [0, 0.05) is 13.1 Å². The number of hydrogen-bond acceptors (Lipinski definition) is 5. The number of nitrogens with zero attached hydrogens (tertiary/aromatic N) is 3. The van der Waals surface area contributed by atoms with Gasteiger partial charge in [-0.1, -0.05) is 11.6 Å². The lowest BCUT2D eigenvalue weighted by atomic mass is 10.5. The van der Waals surface area contributed by atoms with Gasteiger partial charge in [-0.2, -0.15) is 5.10 Å². The van der Waals surface area contributed by atoms with E-state index in [1.807, 2.05) is 6.92 Å². The maximum Gasteiger partial charge on any atom is 0.264 e. The molecule has 2 heterocycles. The minimum Gasteiger partial charge on any atom is -0.478 e. The summed E-state index contributed by atoms with van der Waals surface area (Å²) in [7, 11) is -2.19. The molecule has 0 unspecified atom stereocenters. The van der Waals surface area contributed by atoms with Gasteiger partial charge in [-0.25, -0.2) is 13.4 Å². The summed E-state index contributed by atoms with van der Waals surface area (Å²) in [5, 5.41) is 4.31. The van der Waals surface area contributed by atoms with Gasteiger partial charge in [0.15, 0.2) is 5.82 Å². The van der Waals surface area contributed by atoms with Crippen LogP contribution >= 0.6 is 11.6 Å². The summed E-state index contributed by atoms with van der Waals surface area (Å²) in [6.07, 6.45) is 1.23. The molecule has 1 N–H and O–H groups in total. The third-order valence-corrected chi connectivity index (χ3v) is 4.47. The van der Waals surface area contributed by atoms with E-state index in [1.165, 1.54) is 23.0 Å². The van der Waals surface area contributed by atoms with Crippen LogP contribution < -0.4 is 9.46 Å². The molecule has 114 valence electrons. The van der Waals surface area contributed by atoms with Crippen molar-refractivity contribution in [2.75, 3.05) is 11.3 Å². The summed E-state index contributed by atoms with van der Waals surface area (Å²) in [4.78, 5) is 3.94. The van der Waals surface area contributed by atoms with E-state index in [0.717, 1.165) is 0 Å². The summed E-state index contributed by atoms with van der Waals surface area (Å²) >= 11 is 6.03. The van der Waals surface area contributed by atoms with Gasteiger partial charge in [0.25, 0.3) is 10.0 Å². The second-order valence-corrected chi connectivity index (χ2v) is 6.30. The average Bonchev–Trinajstić information content (AvgIpc) is 2.66. The van der Waals surface area contributed by atoms with Crippen molar-refractivity contribution >= 4 is 27.4 Å². The molecule has 0 fully saturated rings. The van der Waals surface area contributed by atoms with Gasteiger partial charge in [0.2, 0.25) is 5.88 Å². The Morgan fingerprint density at radius 1 is 1.43 bits per heavy atom. The zero-order valence-corrected chi connectivity index (χ0v) is 13.4. The van der Waals surface area contributed by atoms with Gasteiger partial charge in [-0.3, -0.25) is 9.40 Å². The monoisotopic (exact) mass is 330 g/mol. The first kappa shape index (κ1) is 15.6. The molecule has 7 nitrogen and oxygen atoms in total. The maximum absolute atomic E-state index is 12.3. The smallest absolute Gasteiger partial charge is 0.264 e. The van der Waals surface area contributed by atoms with Crippen LogP contribution in [0.3, 0.4) is 0 Å². The minimum atomic E-state index is -3.79. The number of anilines is 1. The second kappa shape index (κ2) is 5.90. The Bertz CT molecular complexity index is 741. The Balaban J connectivity index is 2.29. The summed E-state index contributed by atoms with van der Waals surface area (Å²) < 4.78 is 33.5. The molecule has 2 aromatic heterocycles.